The summed E-state index contributed by atoms with van der Waals surface area (Å²) in [6.07, 6.45) is 8.81. The second kappa shape index (κ2) is 6.64. The van der Waals surface area contributed by atoms with Crippen LogP contribution in [0, 0.1) is 18.3 Å². The standard InChI is InChI=1S/C21H20N4O/c1-15-11-16(13-22)5-6-18(15)19-12-17(14-25-10-7-23-20(19)25)21(26)24-8-3-2-4-9-24/h5-7,10-12,14H,2-4,8-9H2,1H3. The number of fused-ring (bicyclic) bond motifs is 1. The topological polar surface area (TPSA) is 61.4 Å². The van der Waals surface area contributed by atoms with E-state index in [1.54, 1.807) is 12.3 Å². The van der Waals surface area contributed by atoms with Gasteiger partial charge in [0, 0.05) is 37.2 Å². The molecular weight excluding hydrogens is 324 g/mol. The van der Waals surface area contributed by atoms with E-state index in [2.05, 4.69) is 11.1 Å². The molecule has 1 saturated heterocycles. The van der Waals surface area contributed by atoms with Crippen LogP contribution in [0.1, 0.15) is 40.7 Å². The zero-order valence-electron chi connectivity index (χ0n) is 14.8. The maximum absolute atomic E-state index is 13.0. The van der Waals surface area contributed by atoms with Crippen molar-refractivity contribution in [2.75, 3.05) is 13.1 Å². The first-order valence-corrected chi connectivity index (χ1v) is 8.94. The first-order chi connectivity index (χ1) is 12.7. The Hall–Kier alpha value is -3.13. The van der Waals surface area contributed by atoms with Crippen LogP contribution in [0.25, 0.3) is 16.8 Å². The van der Waals surface area contributed by atoms with Gasteiger partial charge < -0.3 is 9.30 Å². The van der Waals surface area contributed by atoms with Crippen molar-refractivity contribution in [1.82, 2.24) is 14.3 Å². The largest absolute Gasteiger partial charge is 0.339 e. The number of hydrogen-bond donors (Lipinski definition) is 0. The molecule has 1 aliphatic heterocycles. The van der Waals surface area contributed by atoms with Crippen molar-refractivity contribution in [3.8, 4) is 17.2 Å². The van der Waals surface area contributed by atoms with Gasteiger partial charge in [-0.25, -0.2) is 4.98 Å². The highest BCUT2D eigenvalue weighted by Gasteiger charge is 2.20. The van der Waals surface area contributed by atoms with Gasteiger partial charge in [-0.3, -0.25) is 4.79 Å². The number of aryl methyl sites for hydroxylation is 1. The van der Waals surface area contributed by atoms with Crippen LogP contribution in [0.3, 0.4) is 0 Å². The molecule has 0 atom stereocenters. The SMILES string of the molecule is Cc1cc(C#N)ccc1-c1cc(C(=O)N2CCCCC2)cn2ccnc12. The molecule has 0 saturated carbocycles. The van der Waals surface area contributed by atoms with Crippen LogP contribution < -0.4 is 0 Å². The molecule has 0 spiro atoms. The van der Waals surface area contributed by atoms with Gasteiger partial charge >= 0.3 is 0 Å². The average molecular weight is 344 g/mol. The molecule has 0 unspecified atom stereocenters. The predicted molar refractivity (Wildman–Crippen MR) is 99.8 cm³/mol. The van der Waals surface area contributed by atoms with Crippen molar-refractivity contribution in [1.29, 1.82) is 5.26 Å². The molecule has 0 bridgehead atoms. The minimum atomic E-state index is 0.0767. The van der Waals surface area contributed by atoms with Crippen LogP contribution in [0.4, 0.5) is 0 Å². The highest BCUT2D eigenvalue weighted by atomic mass is 16.2. The molecule has 2 aromatic heterocycles. The van der Waals surface area contributed by atoms with Gasteiger partial charge in [0.25, 0.3) is 5.91 Å². The summed E-state index contributed by atoms with van der Waals surface area (Å²) >= 11 is 0. The molecule has 26 heavy (non-hydrogen) atoms. The van der Waals surface area contributed by atoms with E-state index in [-0.39, 0.29) is 5.91 Å². The number of benzene rings is 1. The molecule has 130 valence electrons. The number of rotatable bonds is 2. The summed E-state index contributed by atoms with van der Waals surface area (Å²) in [6, 6.07) is 9.72. The van der Waals surface area contributed by atoms with Crippen molar-refractivity contribution < 1.29 is 4.79 Å². The minimum Gasteiger partial charge on any atom is -0.339 e. The molecule has 0 N–H and O–H groups in total. The minimum absolute atomic E-state index is 0.0767. The van der Waals surface area contributed by atoms with Gasteiger partial charge in [0.15, 0.2) is 0 Å². The Balaban J connectivity index is 1.83. The Bertz CT molecular complexity index is 1020. The quantitative estimate of drug-likeness (QED) is 0.710. The molecule has 3 heterocycles. The number of imidazole rings is 1. The highest BCUT2D eigenvalue weighted by Crippen LogP contribution is 2.29. The third-order valence-electron chi connectivity index (χ3n) is 5.02. The Morgan fingerprint density at radius 1 is 1.15 bits per heavy atom. The fourth-order valence-corrected chi connectivity index (χ4v) is 3.66. The van der Waals surface area contributed by atoms with E-state index in [4.69, 9.17) is 5.26 Å². The van der Waals surface area contributed by atoms with Crippen LogP contribution in [0.2, 0.25) is 0 Å². The van der Waals surface area contributed by atoms with E-state index < -0.39 is 0 Å². The zero-order valence-corrected chi connectivity index (χ0v) is 14.8. The number of aromatic nitrogens is 2. The fraction of sp³-hybridized carbons (Fsp3) is 0.286. The molecule has 0 radical (unpaired) electrons. The molecule has 1 fully saturated rings. The molecule has 1 amide bonds. The van der Waals surface area contributed by atoms with E-state index in [9.17, 15) is 4.79 Å². The van der Waals surface area contributed by atoms with Crippen LogP contribution >= 0.6 is 0 Å². The summed E-state index contributed by atoms with van der Waals surface area (Å²) < 4.78 is 1.91. The Kier molecular flexibility index (Phi) is 4.18. The number of nitriles is 1. The Morgan fingerprint density at radius 2 is 1.96 bits per heavy atom. The summed E-state index contributed by atoms with van der Waals surface area (Å²) in [5, 5.41) is 9.11. The normalized spacial score (nSPS) is 14.4. The molecule has 0 aliphatic carbocycles. The number of nitrogens with zero attached hydrogens (tertiary/aromatic N) is 4. The van der Waals surface area contributed by atoms with E-state index in [1.807, 2.05) is 46.8 Å². The smallest absolute Gasteiger partial charge is 0.255 e. The lowest BCUT2D eigenvalue weighted by molar-refractivity contribution is 0.0724. The average Bonchev–Trinajstić information content (AvgIpc) is 3.16. The fourth-order valence-electron chi connectivity index (χ4n) is 3.66. The lowest BCUT2D eigenvalue weighted by Crippen LogP contribution is -2.35. The van der Waals surface area contributed by atoms with Gasteiger partial charge in [0.1, 0.15) is 5.65 Å². The van der Waals surface area contributed by atoms with E-state index in [1.165, 1.54) is 6.42 Å². The van der Waals surface area contributed by atoms with Crippen molar-refractivity contribution >= 4 is 11.6 Å². The van der Waals surface area contributed by atoms with Gasteiger partial charge in [-0.1, -0.05) is 6.07 Å². The predicted octanol–water partition coefficient (Wildman–Crippen LogP) is 3.81. The van der Waals surface area contributed by atoms with Gasteiger partial charge in [0.2, 0.25) is 0 Å². The van der Waals surface area contributed by atoms with E-state index >= 15 is 0 Å². The summed E-state index contributed by atoms with van der Waals surface area (Å²) in [5.74, 6) is 0.0767. The lowest BCUT2D eigenvalue weighted by Gasteiger charge is -2.27. The van der Waals surface area contributed by atoms with Gasteiger partial charge in [0.05, 0.1) is 17.2 Å². The van der Waals surface area contributed by atoms with Crippen molar-refractivity contribution in [3.63, 3.8) is 0 Å². The van der Waals surface area contributed by atoms with Gasteiger partial charge in [-0.2, -0.15) is 5.26 Å². The maximum Gasteiger partial charge on any atom is 0.255 e. The number of amides is 1. The molecule has 1 aromatic carbocycles. The molecule has 4 rings (SSSR count). The zero-order chi connectivity index (χ0) is 18.1. The number of carbonyl (C=O) groups is 1. The van der Waals surface area contributed by atoms with Crippen LogP contribution in [-0.4, -0.2) is 33.3 Å². The lowest BCUT2D eigenvalue weighted by atomic mass is 9.98. The summed E-state index contributed by atoms with van der Waals surface area (Å²) in [5.41, 5.74) is 5.03. The first-order valence-electron chi connectivity index (χ1n) is 8.94. The second-order valence-electron chi connectivity index (χ2n) is 6.79. The van der Waals surface area contributed by atoms with Crippen molar-refractivity contribution in [3.05, 3.63) is 59.5 Å². The summed E-state index contributed by atoms with van der Waals surface area (Å²) in [6.45, 7) is 3.63. The Morgan fingerprint density at radius 3 is 2.69 bits per heavy atom. The van der Waals surface area contributed by atoms with Crippen LogP contribution in [0.15, 0.2) is 42.9 Å². The molecular formula is C21H20N4O. The summed E-state index contributed by atoms with van der Waals surface area (Å²) in [4.78, 5) is 19.4. The Labute approximate surface area is 152 Å². The molecule has 3 aromatic rings. The third-order valence-corrected chi connectivity index (χ3v) is 5.02. The van der Waals surface area contributed by atoms with E-state index in [0.29, 0.717) is 11.1 Å². The molecule has 1 aliphatic rings. The number of carbonyl (C=O) groups excluding carboxylic acids is 1. The van der Waals surface area contributed by atoms with Crippen LogP contribution in [0.5, 0.6) is 0 Å². The number of piperidine rings is 1. The van der Waals surface area contributed by atoms with Crippen molar-refractivity contribution in [2.24, 2.45) is 0 Å². The molecule has 5 nitrogen and oxygen atoms in total. The van der Waals surface area contributed by atoms with Crippen molar-refractivity contribution in [2.45, 2.75) is 26.2 Å². The van der Waals surface area contributed by atoms with Crippen LogP contribution in [-0.2, 0) is 0 Å². The monoisotopic (exact) mass is 344 g/mol. The first kappa shape index (κ1) is 16.3. The van der Waals surface area contributed by atoms with Gasteiger partial charge in [-0.15, -0.1) is 0 Å². The van der Waals surface area contributed by atoms with E-state index in [0.717, 1.165) is 48.3 Å². The third kappa shape index (κ3) is 2.84. The molecule has 5 heteroatoms. The highest BCUT2D eigenvalue weighted by molar-refractivity contribution is 5.97. The van der Waals surface area contributed by atoms with Gasteiger partial charge in [-0.05, 0) is 55.5 Å². The second-order valence-corrected chi connectivity index (χ2v) is 6.79. The summed E-state index contributed by atoms with van der Waals surface area (Å²) in [7, 11) is 0. The number of pyridine rings is 1. The number of likely N-dealkylation sites (tertiary alicyclic amines) is 1. The maximum atomic E-state index is 13.0. The number of hydrogen-bond acceptors (Lipinski definition) is 3.